The van der Waals surface area contributed by atoms with Crippen molar-refractivity contribution in [1.82, 2.24) is 0 Å². The molecule has 96 valence electrons. The first-order chi connectivity index (χ1) is 8.02. The van der Waals surface area contributed by atoms with E-state index >= 15 is 0 Å². The summed E-state index contributed by atoms with van der Waals surface area (Å²) in [6.07, 6.45) is 0.442. The van der Waals surface area contributed by atoms with E-state index in [2.05, 4.69) is 13.8 Å². The molecule has 0 aliphatic heterocycles. The SMILES string of the molecule is CC(C)CC(N)C(CO)Oc1ccc(Cl)cc1. The fourth-order valence-electron chi connectivity index (χ4n) is 1.64. The van der Waals surface area contributed by atoms with Crippen molar-refractivity contribution in [2.24, 2.45) is 11.7 Å². The van der Waals surface area contributed by atoms with Gasteiger partial charge in [-0.15, -0.1) is 0 Å². The highest BCUT2D eigenvalue weighted by Crippen LogP contribution is 2.18. The number of ether oxygens (including phenoxy) is 1. The zero-order valence-electron chi connectivity index (χ0n) is 10.3. The van der Waals surface area contributed by atoms with Gasteiger partial charge in [0.05, 0.1) is 6.61 Å². The zero-order chi connectivity index (χ0) is 12.8. The Morgan fingerprint density at radius 1 is 1.29 bits per heavy atom. The largest absolute Gasteiger partial charge is 0.486 e. The molecular weight excluding hydrogens is 238 g/mol. The molecule has 0 amide bonds. The maximum atomic E-state index is 9.29. The van der Waals surface area contributed by atoms with Gasteiger partial charge in [0.2, 0.25) is 0 Å². The lowest BCUT2D eigenvalue weighted by Crippen LogP contribution is -2.42. The van der Waals surface area contributed by atoms with Gasteiger partial charge in [0.1, 0.15) is 11.9 Å². The number of rotatable bonds is 6. The normalized spacial score (nSPS) is 14.7. The number of hydrogen-bond donors (Lipinski definition) is 2. The number of aliphatic hydroxyl groups is 1. The molecule has 1 rings (SSSR count). The van der Waals surface area contributed by atoms with Crippen molar-refractivity contribution < 1.29 is 9.84 Å². The van der Waals surface area contributed by atoms with E-state index in [4.69, 9.17) is 22.1 Å². The molecule has 4 heteroatoms. The second-order valence-electron chi connectivity index (χ2n) is 4.59. The number of aliphatic hydroxyl groups excluding tert-OH is 1. The van der Waals surface area contributed by atoms with Crippen LogP contribution < -0.4 is 10.5 Å². The van der Waals surface area contributed by atoms with E-state index in [9.17, 15) is 5.11 Å². The summed E-state index contributed by atoms with van der Waals surface area (Å²) >= 11 is 5.78. The zero-order valence-corrected chi connectivity index (χ0v) is 11.0. The van der Waals surface area contributed by atoms with Crippen LogP contribution in [-0.4, -0.2) is 23.9 Å². The van der Waals surface area contributed by atoms with Gasteiger partial charge in [-0.1, -0.05) is 25.4 Å². The standard InChI is InChI=1S/C13H20ClNO2/c1-9(2)7-12(15)13(8-16)17-11-5-3-10(14)4-6-11/h3-6,9,12-13,16H,7-8,15H2,1-2H3. The molecule has 0 aromatic heterocycles. The second-order valence-corrected chi connectivity index (χ2v) is 5.02. The number of benzene rings is 1. The molecule has 0 aliphatic rings. The summed E-state index contributed by atoms with van der Waals surface area (Å²) in [5.41, 5.74) is 6.00. The number of hydrogen-bond acceptors (Lipinski definition) is 3. The lowest BCUT2D eigenvalue weighted by molar-refractivity contribution is 0.0882. The van der Waals surface area contributed by atoms with Crippen LogP contribution in [0.25, 0.3) is 0 Å². The first kappa shape index (κ1) is 14.3. The Hall–Kier alpha value is -0.770. The van der Waals surface area contributed by atoms with Crippen LogP contribution in [0.5, 0.6) is 5.75 Å². The van der Waals surface area contributed by atoms with Gasteiger partial charge in [-0.25, -0.2) is 0 Å². The average Bonchev–Trinajstić information content (AvgIpc) is 2.27. The summed E-state index contributed by atoms with van der Waals surface area (Å²) in [5, 5.41) is 9.95. The fourth-order valence-corrected chi connectivity index (χ4v) is 1.77. The first-order valence-corrected chi connectivity index (χ1v) is 6.19. The summed E-state index contributed by atoms with van der Waals surface area (Å²) in [5.74, 6) is 1.15. The molecule has 0 saturated heterocycles. The van der Waals surface area contributed by atoms with Crippen molar-refractivity contribution in [2.75, 3.05) is 6.61 Å². The fraction of sp³-hybridized carbons (Fsp3) is 0.538. The third-order valence-electron chi connectivity index (χ3n) is 2.50. The molecule has 1 aromatic rings. The van der Waals surface area contributed by atoms with Crippen LogP contribution in [-0.2, 0) is 0 Å². The molecule has 0 heterocycles. The van der Waals surface area contributed by atoms with Gasteiger partial charge in [0.15, 0.2) is 0 Å². The minimum absolute atomic E-state index is 0.0868. The van der Waals surface area contributed by atoms with E-state index in [1.807, 2.05) is 0 Å². The summed E-state index contributed by atoms with van der Waals surface area (Å²) < 4.78 is 5.65. The van der Waals surface area contributed by atoms with Gasteiger partial charge in [0, 0.05) is 11.1 Å². The minimum Gasteiger partial charge on any atom is -0.486 e. The molecule has 0 radical (unpaired) electrons. The third-order valence-corrected chi connectivity index (χ3v) is 2.75. The van der Waals surface area contributed by atoms with Crippen LogP contribution in [0.2, 0.25) is 5.02 Å². The molecule has 3 nitrogen and oxygen atoms in total. The lowest BCUT2D eigenvalue weighted by atomic mass is 10.0. The first-order valence-electron chi connectivity index (χ1n) is 5.81. The highest BCUT2D eigenvalue weighted by Gasteiger charge is 2.19. The van der Waals surface area contributed by atoms with Crippen LogP contribution in [0.1, 0.15) is 20.3 Å². The van der Waals surface area contributed by atoms with E-state index in [-0.39, 0.29) is 18.8 Å². The lowest BCUT2D eigenvalue weighted by Gasteiger charge is -2.24. The molecule has 17 heavy (non-hydrogen) atoms. The van der Waals surface area contributed by atoms with Crippen LogP contribution >= 0.6 is 11.6 Å². The van der Waals surface area contributed by atoms with Crippen molar-refractivity contribution in [3.05, 3.63) is 29.3 Å². The monoisotopic (exact) mass is 257 g/mol. The molecule has 0 saturated carbocycles. The van der Waals surface area contributed by atoms with Crippen molar-refractivity contribution in [1.29, 1.82) is 0 Å². The Morgan fingerprint density at radius 2 is 1.88 bits per heavy atom. The molecular formula is C13H20ClNO2. The Labute approximate surface area is 108 Å². The smallest absolute Gasteiger partial charge is 0.137 e. The van der Waals surface area contributed by atoms with Crippen molar-refractivity contribution >= 4 is 11.6 Å². The highest BCUT2D eigenvalue weighted by molar-refractivity contribution is 6.30. The number of halogens is 1. The average molecular weight is 258 g/mol. The third kappa shape index (κ3) is 4.94. The van der Waals surface area contributed by atoms with Crippen LogP contribution in [0.4, 0.5) is 0 Å². The quantitative estimate of drug-likeness (QED) is 0.823. The molecule has 2 atom stereocenters. The molecule has 2 unspecified atom stereocenters. The van der Waals surface area contributed by atoms with Crippen molar-refractivity contribution in [3.63, 3.8) is 0 Å². The van der Waals surface area contributed by atoms with Gasteiger partial charge in [-0.05, 0) is 36.6 Å². The highest BCUT2D eigenvalue weighted by atomic mass is 35.5. The Bertz CT molecular complexity index is 327. The second kappa shape index (κ2) is 6.84. The molecule has 0 bridgehead atoms. The van der Waals surface area contributed by atoms with Crippen LogP contribution in [0.3, 0.4) is 0 Å². The van der Waals surface area contributed by atoms with Gasteiger partial charge in [0.25, 0.3) is 0 Å². The molecule has 0 fully saturated rings. The van der Waals surface area contributed by atoms with Crippen molar-refractivity contribution in [3.8, 4) is 5.75 Å². The van der Waals surface area contributed by atoms with Gasteiger partial charge in [-0.2, -0.15) is 0 Å². The summed E-state index contributed by atoms with van der Waals surface area (Å²) in [7, 11) is 0. The maximum absolute atomic E-state index is 9.29. The summed E-state index contributed by atoms with van der Waals surface area (Å²) in [4.78, 5) is 0. The summed E-state index contributed by atoms with van der Waals surface area (Å²) in [6, 6.07) is 6.87. The minimum atomic E-state index is -0.376. The Morgan fingerprint density at radius 3 is 2.35 bits per heavy atom. The molecule has 1 aromatic carbocycles. The Kier molecular flexibility index (Phi) is 5.75. The van der Waals surface area contributed by atoms with E-state index in [1.165, 1.54) is 0 Å². The predicted molar refractivity (Wildman–Crippen MR) is 70.4 cm³/mol. The molecule has 0 aliphatic carbocycles. The van der Waals surface area contributed by atoms with Crippen LogP contribution in [0.15, 0.2) is 24.3 Å². The van der Waals surface area contributed by atoms with Gasteiger partial charge in [-0.3, -0.25) is 0 Å². The predicted octanol–water partition coefficient (Wildman–Crippen LogP) is 2.45. The number of nitrogens with two attached hydrogens (primary N) is 1. The van der Waals surface area contributed by atoms with E-state index < -0.39 is 0 Å². The van der Waals surface area contributed by atoms with Crippen LogP contribution in [0, 0.1) is 5.92 Å². The summed E-state index contributed by atoms with van der Waals surface area (Å²) in [6.45, 7) is 4.10. The topological polar surface area (TPSA) is 55.5 Å². The van der Waals surface area contributed by atoms with E-state index in [0.29, 0.717) is 16.7 Å². The maximum Gasteiger partial charge on any atom is 0.137 e. The molecule has 3 N–H and O–H groups in total. The molecule has 0 spiro atoms. The van der Waals surface area contributed by atoms with E-state index in [0.717, 1.165) is 6.42 Å². The van der Waals surface area contributed by atoms with Crippen molar-refractivity contribution in [2.45, 2.75) is 32.4 Å². The Balaban J connectivity index is 2.59. The van der Waals surface area contributed by atoms with Gasteiger partial charge < -0.3 is 15.6 Å². The van der Waals surface area contributed by atoms with Gasteiger partial charge >= 0.3 is 0 Å². The van der Waals surface area contributed by atoms with E-state index in [1.54, 1.807) is 24.3 Å².